The van der Waals surface area contributed by atoms with Gasteiger partial charge in [-0.05, 0) is 30.4 Å². The standard InChI is InChI=1S/C20H24O3/c1-3-8-17(9-4-1)14-21-16-19-12-7-13-20(23-19)22-15-18-10-5-2-6-11-18/h1-6,8-11,19-20H,7,12-16H2/t19-,20+/m0/s1. The van der Waals surface area contributed by atoms with E-state index in [-0.39, 0.29) is 12.4 Å². The summed E-state index contributed by atoms with van der Waals surface area (Å²) in [5.74, 6) is 0. The molecule has 1 fully saturated rings. The van der Waals surface area contributed by atoms with Crippen LogP contribution in [0.3, 0.4) is 0 Å². The predicted molar refractivity (Wildman–Crippen MR) is 89.8 cm³/mol. The Morgan fingerprint density at radius 2 is 1.48 bits per heavy atom. The van der Waals surface area contributed by atoms with Gasteiger partial charge in [0, 0.05) is 0 Å². The molecule has 0 aromatic heterocycles. The highest BCUT2D eigenvalue weighted by molar-refractivity contribution is 5.14. The first-order valence-electron chi connectivity index (χ1n) is 8.33. The Bertz CT molecular complexity index is 556. The van der Waals surface area contributed by atoms with Gasteiger partial charge in [-0.2, -0.15) is 0 Å². The van der Waals surface area contributed by atoms with E-state index in [1.54, 1.807) is 0 Å². The lowest BCUT2D eigenvalue weighted by Gasteiger charge is -2.29. The topological polar surface area (TPSA) is 27.7 Å². The smallest absolute Gasteiger partial charge is 0.158 e. The van der Waals surface area contributed by atoms with Gasteiger partial charge in [-0.3, -0.25) is 0 Å². The first-order valence-corrected chi connectivity index (χ1v) is 8.33. The van der Waals surface area contributed by atoms with Crippen molar-refractivity contribution in [2.24, 2.45) is 0 Å². The minimum atomic E-state index is -0.116. The minimum Gasteiger partial charge on any atom is -0.374 e. The van der Waals surface area contributed by atoms with Gasteiger partial charge in [0.2, 0.25) is 0 Å². The van der Waals surface area contributed by atoms with Crippen molar-refractivity contribution in [2.45, 2.75) is 44.9 Å². The Morgan fingerprint density at radius 3 is 2.17 bits per heavy atom. The maximum absolute atomic E-state index is 6.00. The molecule has 0 spiro atoms. The molecule has 0 amide bonds. The molecule has 3 heteroatoms. The molecule has 1 aliphatic heterocycles. The Balaban J connectivity index is 1.38. The lowest BCUT2D eigenvalue weighted by molar-refractivity contribution is -0.210. The highest BCUT2D eigenvalue weighted by Gasteiger charge is 2.23. The highest BCUT2D eigenvalue weighted by atomic mass is 16.7. The fraction of sp³-hybridized carbons (Fsp3) is 0.400. The second kappa shape index (κ2) is 8.82. The van der Waals surface area contributed by atoms with E-state index in [1.807, 2.05) is 36.4 Å². The van der Waals surface area contributed by atoms with Crippen molar-refractivity contribution in [1.29, 1.82) is 0 Å². The molecule has 23 heavy (non-hydrogen) atoms. The summed E-state index contributed by atoms with van der Waals surface area (Å²) in [6, 6.07) is 20.4. The third kappa shape index (κ3) is 5.47. The number of benzene rings is 2. The molecular weight excluding hydrogens is 288 g/mol. The van der Waals surface area contributed by atoms with Crippen LogP contribution in [0.25, 0.3) is 0 Å². The largest absolute Gasteiger partial charge is 0.374 e. The van der Waals surface area contributed by atoms with E-state index in [4.69, 9.17) is 14.2 Å². The maximum Gasteiger partial charge on any atom is 0.158 e. The van der Waals surface area contributed by atoms with E-state index in [2.05, 4.69) is 24.3 Å². The molecule has 2 aromatic carbocycles. The Morgan fingerprint density at radius 1 is 0.826 bits per heavy atom. The van der Waals surface area contributed by atoms with Gasteiger partial charge in [-0.25, -0.2) is 0 Å². The van der Waals surface area contributed by atoms with E-state index >= 15 is 0 Å². The molecule has 0 bridgehead atoms. The van der Waals surface area contributed by atoms with Crippen LogP contribution in [0.1, 0.15) is 30.4 Å². The summed E-state index contributed by atoms with van der Waals surface area (Å²) in [5.41, 5.74) is 2.37. The molecule has 0 unspecified atom stereocenters. The van der Waals surface area contributed by atoms with Crippen LogP contribution in [0.15, 0.2) is 60.7 Å². The summed E-state index contributed by atoms with van der Waals surface area (Å²) < 4.78 is 17.7. The zero-order valence-electron chi connectivity index (χ0n) is 13.4. The molecule has 3 nitrogen and oxygen atoms in total. The summed E-state index contributed by atoms with van der Waals surface area (Å²) in [7, 11) is 0. The van der Waals surface area contributed by atoms with Gasteiger partial charge in [-0.1, -0.05) is 60.7 Å². The molecule has 2 aromatic rings. The van der Waals surface area contributed by atoms with E-state index in [0.29, 0.717) is 19.8 Å². The Kier molecular flexibility index (Phi) is 6.21. The molecule has 3 rings (SSSR count). The van der Waals surface area contributed by atoms with E-state index in [0.717, 1.165) is 19.3 Å². The van der Waals surface area contributed by atoms with Crippen LogP contribution in [0.5, 0.6) is 0 Å². The van der Waals surface area contributed by atoms with Crippen LogP contribution in [-0.2, 0) is 27.4 Å². The van der Waals surface area contributed by atoms with Gasteiger partial charge < -0.3 is 14.2 Å². The molecule has 0 saturated carbocycles. The first-order chi connectivity index (χ1) is 11.4. The van der Waals surface area contributed by atoms with Crippen LogP contribution < -0.4 is 0 Å². The fourth-order valence-corrected chi connectivity index (χ4v) is 2.75. The van der Waals surface area contributed by atoms with Gasteiger partial charge in [0.15, 0.2) is 6.29 Å². The number of hydrogen-bond donors (Lipinski definition) is 0. The van der Waals surface area contributed by atoms with Gasteiger partial charge in [0.25, 0.3) is 0 Å². The molecule has 1 aliphatic rings. The summed E-state index contributed by atoms with van der Waals surface area (Å²) in [6.45, 7) is 1.86. The van der Waals surface area contributed by atoms with Gasteiger partial charge >= 0.3 is 0 Å². The lowest BCUT2D eigenvalue weighted by Crippen LogP contribution is -2.32. The van der Waals surface area contributed by atoms with Crippen LogP contribution in [-0.4, -0.2) is 19.0 Å². The van der Waals surface area contributed by atoms with Crippen LogP contribution in [0.2, 0.25) is 0 Å². The zero-order valence-corrected chi connectivity index (χ0v) is 13.4. The van der Waals surface area contributed by atoms with Crippen molar-refractivity contribution in [3.8, 4) is 0 Å². The molecule has 0 aliphatic carbocycles. The summed E-state index contributed by atoms with van der Waals surface area (Å²) in [4.78, 5) is 0. The number of rotatable bonds is 7. The molecule has 122 valence electrons. The van der Waals surface area contributed by atoms with Crippen LogP contribution in [0, 0.1) is 0 Å². The van der Waals surface area contributed by atoms with E-state index < -0.39 is 0 Å². The van der Waals surface area contributed by atoms with Crippen molar-refractivity contribution in [2.75, 3.05) is 6.61 Å². The summed E-state index contributed by atoms with van der Waals surface area (Å²) in [6.07, 6.45) is 3.14. The Hall–Kier alpha value is -1.68. The zero-order chi connectivity index (χ0) is 15.7. The quantitative estimate of drug-likeness (QED) is 0.762. The van der Waals surface area contributed by atoms with Gasteiger partial charge in [-0.15, -0.1) is 0 Å². The molecule has 1 heterocycles. The van der Waals surface area contributed by atoms with Crippen molar-refractivity contribution < 1.29 is 14.2 Å². The predicted octanol–water partition coefficient (Wildman–Crippen LogP) is 4.32. The van der Waals surface area contributed by atoms with Gasteiger partial charge in [0.1, 0.15) is 0 Å². The van der Waals surface area contributed by atoms with E-state index in [9.17, 15) is 0 Å². The van der Waals surface area contributed by atoms with Gasteiger partial charge in [0.05, 0.1) is 25.9 Å². The summed E-state index contributed by atoms with van der Waals surface area (Å²) in [5, 5.41) is 0. The molecule has 0 radical (unpaired) electrons. The van der Waals surface area contributed by atoms with E-state index in [1.165, 1.54) is 11.1 Å². The molecule has 2 atom stereocenters. The van der Waals surface area contributed by atoms with Crippen molar-refractivity contribution in [1.82, 2.24) is 0 Å². The molecular formula is C20H24O3. The second-order valence-corrected chi connectivity index (χ2v) is 5.92. The SMILES string of the molecule is c1ccc(COC[C@@H]2CCC[C@H](OCc3ccccc3)O2)cc1. The second-order valence-electron chi connectivity index (χ2n) is 5.92. The van der Waals surface area contributed by atoms with Crippen molar-refractivity contribution in [3.05, 3.63) is 71.8 Å². The average Bonchev–Trinajstić information content (AvgIpc) is 2.62. The van der Waals surface area contributed by atoms with Crippen LogP contribution in [0.4, 0.5) is 0 Å². The average molecular weight is 312 g/mol. The first kappa shape index (κ1) is 16.2. The van der Waals surface area contributed by atoms with Crippen molar-refractivity contribution in [3.63, 3.8) is 0 Å². The third-order valence-corrected chi connectivity index (χ3v) is 4.00. The fourth-order valence-electron chi connectivity index (χ4n) is 2.75. The van der Waals surface area contributed by atoms with Crippen molar-refractivity contribution >= 4 is 0 Å². The normalized spacial score (nSPS) is 21.2. The monoisotopic (exact) mass is 312 g/mol. The molecule has 0 N–H and O–H groups in total. The number of hydrogen-bond acceptors (Lipinski definition) is 3. The maximum atomic E-state index is 6.00. The summed E-state index contributed by atoms with van der Waals surface area (Å²) >= 11 is 0. The number of ether oxygens (including phenoxy) is 3. The highest BCUT2D eigenvalue weighted by Crippen LogP contribution is 2.21. The third-order valence-electron chi connectivity index (χ3n) is 4.00. The Labute approximate surface area is 138 Å². The van der Waals surface area contributed by atoms with Crippen LogP contribution >= 0.6 is 0 Å². The molecule has 1 saturated heterocycles. The minimum absolute atomic E-state index is 0.116. The lowest BCUT2D eigenvalue weighted by atomic mass is 10.1.